The summed E-state index contributed by atoms with van der Waals surface area (Å²) in [5.74, 6) is -0.218. The maximum atomic E-state index is 14.0. The summed E-state index contributed by atoms with van der Waals surface area (Å²) >= 11 is 0. The van der Waals surface area contributed by atoms with Gasteiger partial charge in [-0.2, -0.15) is 0 Å². The van der Waals surface area contributed by atoms with Gasteiger partial charge in [-0.3, -0.25) is 9.69 Å². The number of allylic oxidation sites excluding steroid dienone is 6. The van der Waals surface area contributed by atoms with Gasteiger partial charge in [0.1, 0.15) is 23.5 Å². The van der Waals surface area contributed by atoms with Crippen LogP contribution in [0.2, 0.25) is 0 Å². The van der Waals surface area contributed by atoms with E-state index in [4.69, 9.17) is 9.84 Å². The molecule has 1 aliphatic heterocycles. The van der Waals surface area contributed by atoms with Crippen LogP contribution in [0.3, 0.4) is 0 Å². The molecule has 0 aromatic heterocycles. The van der Waals surface area contributed by atoms with Crippen LogP contribution in [0.15, 0.2) is 73.4 Å². The number of nitrogens with zero attached hydrogens (tertiary/aromatic N) is 1. The van der Waals surface area contributed by atoms with Crippen molar-refractivity contribution in [1.29, 1.82) is 0 Å². The van der Waals surface area contributed by atoms with Gasteiger partial charge in [-0.05, 0) is 84.9 Å². The molecule has 0 saturated heterocycles. The number of carbonyl (C=O) groups excluding carboxylic acids is 1. The molecule has 2 aromatic carbocycles. The third-order valence-corrected chi connectivity index (χ3v) is 8.79. The predicted octanol–water partition coefficient (Wildman–Crippen LogP) is 8.77. The number of fused-ring (bicyclic) bond motifs is 1. The van der Waals surface area contributed by atoms with Crippen LogP contribution < -0.4 is 15.0 Å². The normalized spacial score (nSPS) is 23.0. The van der Waals surface area contributed by atoms with E-state index in [9.17, 15) is 18.4 Å². The lowest BCUT2D eigenvalue weighted by Gasteiger charge is -2.35. The summed E-state index contributed by atoms with van der Waals surface area (Å²) in [6, 6.07) is 8.79. The maximum Gasteiger partial charge on any atom is 0.326 e. The second-order valence-electron chi connectivity index (χ2n) is 11.6. The van der Waals surface area contributed by atoms with Crippen LogP contribution in [-0.2, 0) is 4.79 Å². The van der Waals surface area contributed by atoms with Gasteiger partial charge in [0.25, 0.3) is 0 Å². The summed E-state index contributed by atoms with van der Waals surface area (Å²) in [6.45, 7) is 5.56. The second kappa shape index (κ2) is 13.4. The number of halogens is 2. The van der Waals surface area contributed by atoms with Gasteiger partial charge in [0.05, 0.1) is 17.9 Å². The number of anilines is 2. The van der Waals surface area contributed by atoms with E-state index in [-0.39, 0.29) is 23.8 Å². The van der Waals surface area contributed by atoms with E-state index in [2.05, 4.69) is 42.3 Å². The fourth-order valence-electron chi connectivity index (χ4n) is 6.29. The van der Waals surface area contributed by atoms with Gasteiger partial charge in [0, 0.05) is 12.0 Å². The number of hydrogen-bond acceptors (Lipinski definition) is 3. The van der Waals surface area contributed by atoms with E-state index in [1.54, 1.807) is 4.90 Å². The molecule has 2 amide bonds. The number of carbonyl (C=O) groups is 2. The Morgan fingerprint density at radius 2 is 1.91 bits per heavy atom. The number of carboxylic acid groups (broad SMARTS) is 1. The van der Waals surface area contributed by atoms with Crippen LogP contribution in [0, 0.1) is 23.6 Å². The number of carboxylic acids is 1. The van der Waals surface area contributed by atoms with Crippen molar-refractivity contribution in [3.63, 3.8) is 0 Å². The highest BCUT2D eigenvalue weighted by atomic mass is 19.1. The monoisotopic (exact) mass is 588 g/mol. The van der Waals surface area contributed by atoms with Crippen molar-refractivity contribution in [1.82, 2.24) is 0 Å². The molecule has 2 N–H and O–H groups in total. The van der Waals surface area contributed by atoms with Gasteiger partial charge < -0.3 is 15.2 Å². The van der Waals surface area contributed by atoms with E-state index in [0.29, 0.717) is 42.2 Å². The minimum atomic E-state index is -0.835. The zero-order valence-corrected chi connectivity index (χ0v) is 24.4. The smallest absolute Gasteiger partial charge is 0.326 e. The minimum Gasteiger partial charge on any atom is -0.486 e. The van der Waals surface area contributed by atoms with Gasteiger partial charge >= 0.3 is 12.0 Å². The standard InChI is InChI=1S/C35H38F2N2O4/c1-3-29-21-39(35(42)38-31-16-15-28(37)20-30(31)22(2)36)32-17-14-27(19-33(32)43-29)25-6-4-5-24(12-13-25)26-10-7-23(8-11-26)9-18-34(40)41/h4-6,12-17,19-20,23-24,26,29H,2-3,7-11,18,21H2,1H3,(H,38,42)(H,40,41). The molecule has 5 rings (SSSR count). The first-order chi connectivity index (χ1) is 20.7. The van der Waals surface area contributed by atoms with Crippen LogP contribution in [-0.4, -0.2) is 29.8 Å². The van der Waals surface area contributed by atoms with Gasteiger partial charge in [0.15, 0.2) is 0 Å². The Morgan fingerprint density at radius 1 is 1.12 bits per heavy atom. The lowest BCUT2D eigenvalue weighted by Crippen LogP contribution is -2.45. The van der Waals surface area contributed by atoms with Crippen molar-refractivity contribution >= 4 is 34.8 Å². The highest BCUT2D eigenvalue weighted by Gasteiger charge is 2.30. The summed E-state index contributed by atoms with van der Waals surface area (Å²) < 4.78 is 34.0. The van der Waals surface area contributed by atoms with E-state index >= 15 is 0 Å². The topological polar surface area (TPSA) is 78.9 Å². The van der Waals surface area contributed by atoms with E-state index in [1.165, 1.54) is 6.07 Å². The zero-order valence-electron chi connectivity index (χ0n) is 24.4. The largest absolute Gasteiger partial charge is 0.486 e. The van der Waals surface area contributed by atoms with Crippen LogP contribution in [0.5, 0.6) is 5.75 Å². The van der Waals surface area contributed by atoms with Crippen molar-refractivity contribution < 1.29 is 28.2 Å². The first-order valence-electron chi connectivity index (χ1n) is 15.0. The summed E-state index contributed by atoms with van der Waals surface area (Å²) in [4.78, 5) is 25.9. The van der Waals surface area contributed by atoms with E-state index in [1.807, 2.05) is 25.1 Å². The molecule has 2 atom stereocenters. The lowest BCUT2D eigenvalue weighted by atomic mass is 9.74. The van der Waals surface area contributed by atoms with Gasteiger partial charge in [-0.15, -0.1) is 0 Å². The molecule has 6 nitrogen and oxygen atoms in total. The highest BCUT2D eigenvalue weighted by Crippen LogP contribution is 2.40. The number of hydrogen-bond donors (Lipinski definition) is 2. The third kappa shape index (κ3) is 7.24. The van der Waals surface area contributed by atoms with E-state index in [0.717, 1.165) is 55.4 Å². The number of amides is 2. The molecule has 0 radical (unpaired) electrons. The Balaban J connectivity index is 1.30. The lowest BCUT2D eigenvalue weighted by molar-refractivity contribution is -0.137. The average molecular weight is 589 g/mol. The molecule has 3 aliphatic rings. The van der Waals surface area contributed by atoms with Gasteiger partial charge in [-0.25, -0.2) is 13.6 Å². The van der Waals surface area contributed by atoms with Crippen molar-refractivity contribution in [3.8, 4) is 5.75 Å². The SMILES string of the molecule is C=C(F)c1cc(F)ccc1NC(=O)N1CC(CC)Oc2cc(C3=CC=CC(C4CCC(CCC(=O)O)CC4)C=C3)ccc21. The number of nitrogens with one attached hydrogen (secondary N) is 1. The molecule has 8 heteroatoms. The fourth-order valence-corrected chi connectivity index (χ4v) is 6.29. The van der Waals surface area contributed by atoms with E-state index < -0.39 is 23.6 Å². The summed E-state index contributed by atoms with van der Waals surface area (Å²) in [5, 5.41) is 11.7. The molecule has 2 aliphatic carbocycles. The number of ether oxygens (including phenoxy) is 1. The Labute approximate surface area is 251 Å². The highest BCUT2D eigenvalue weighted by molar-refractivity contribution is 6.04. The molecular weight excluding hydrogens is 550 g/mol. The van der Waals surface area contributed by atoms with Crippen molar-refractivity contribution in [2.24, 2.45) is 17.8 Å². The van der Waals surface area contributed by atoms with Crippen molar-refractivity contribution in [3.05, 3.63) is 90.3 Å². The first kappa shape index (κ1) is 30.3. The van der Waals surface area contributed by atoms with Crippen LogP contribution in [0.25, 0.3) is 11.4 Å². The van der Waals surface area contributed by atoms with Gasteiger partial charge in [0.2, 0.25) is 0 Å². The Morgan fingerprint density at radius 3 is 2.63 bits per heavy atom. The third-order valence-electron chi connectivity index (χ3n) is 8.79. The Hall–Kier alpha value is -4.20. The van der Waals surface area contributed by atoms with Crippen LogP contribution in [0.1, 0.15) is 63.0 Å². The molecule has 226 valence electrons. The molecule has 2 unspecified atom stereocenters. The molecule has 1 heterocycles. The molecule has 2 aromatic rings. The number of rotatable bonds is 8. The molecular formula is C35H38F2N2O4. The van der Waals surface area contributed by atoms with Crippen LogP contribution >= 0.6 is 0 Å². The fraction of sp³-hybridized carbons (Fsp3) is 0.371. The predicted molar refractivity (Wildman–Crippen MR) is 166 cm³/mol. The second-order valence-corrected chi connectivity index (χ2v) is 11.6. The number of aliphatic carboxylic acids is 1. The van der Waals surface area contributed by atoms with Crippen LogP contribution in [0.4, 0.5) is 25.0 Å². The molecule has 1 fully saturated rings. The molecule has 43 heavy (non-hydrogen) atoms. The number of urea groups is 1. The quantitative estimate of drug-likeness (QED) is 0.323. The first-order valence-corrected chi connectivity index (χ1v) is 15.0. The molecule has 1 saturated carbocycles. The Kier molecular flexibility index (Phi) is 9.43. The van der Waals surface area contributed by atoms with Gasteiger partial charge in [-0.1, -0.05) is 62.8 Å². The molecule has 0 spiro atoms. The average Bonchev–Trinajstić information content (AvgIpc) is 3.26. The number of benzene rings is 2. The van der Waals surface area contributed by atoms with Crippen molar-refractivity contribution in [2.45, 2.75) is 58.0 Å². The summed E-state index contributed by atoms with van der Waals surface area (Å²) in [5.41, 5.74) is 2.63. The maximum absolute atomic E-state index is 14.0. The minimum absolute atomic E-state index is 0.103. The summed E-state index contributed by atoms with van der Waals surface area (Å²) in [6.07, 6.45) is 16.7. The zero-order chi connectivity index (χ0) is 30.5. The Bertz CT molecular complexity index is 1470. The molecule has 0 bridgehead atoms. The van der Waals surface area contributed by atoms with Crippen molar-refractivity contribution in [2.75, 3.05) is 16.8 Å². The summed E-state index contributed by atoms with van der Waals surface area (Å²) in [7, 11) is 0.